The van der Waals surface area contributed by atoms with Gasteiger partial charge in [-0.1, -0.05) is 12.1 Å². The van der Waals surface area contributed by atoms with E-state index in [1.165, 1.54) is 0 Å². The number of morpholine rings is 1. The third kappa shape index (κ3) is 4.17. The number of halogens is 1. The van der Waals surface area contributed by atoms with Gasteiger partial charge >= 0.3 is 0 Å². The normalized spacial score (nSPS) is 19.9. The van der Waals surface area contributed by atoms with Crippen molar-refractivity contribution in [2.75, 3.05) is 44.3 Å². The lowest BCUT2D eigenvalue weighted by Gasteiger charge is -2.27. The van der Waals surface area contributed by atoms with Crippen LogP contribution in [-0.2, 0) is 11.2 Å². The Kier molecular flexibility index (Phi) is 5.57. The van der Waals surface area contributed by atoms with Gasteiger partial charge < -0.3 is 14.5 Å². The molecule has 1 atom stereocenters. The van der Waals surface area contributed by atoms with Crippen molar-refractivity contribution >= 4 is 11.7 Å². The predicted molar refractivity (Wildman–Crippen MR) is 106 cm³/mol. The molecule has 6 heteroatoms. The number of carbonyl (C=O) groups excluding carboxylic acids is 1. The second-order valence-electron chi connectivity index (χ2n) is 7.70. The van der Waals surface area contributed by atoms with Gasteiger partial charge in [-0.25, -0.2) is 9.37 Å². The summed E-state index contributed by atoms with van der Waals surface area (Å²) in [5.74, 6) is 1.13. The van der Waals surface area contributed by atoms with Crippen molar-refractivity contribution in [1.82, 2.24) is 9.88 Å². The number of aryl methyl sites for hydroxylation is 1. The van der Waals surface area contributed by atoms with E-state index in [4.69, 9.17) is 4.74 Å². The van der Waals surface area contributed by atoms with Gasteiger partial charge in [0.2, 0.25) is 0 Å². The van der Waals surface area contributed by atoms with E-state index in [1.807, 2.05) is 29.2 Å². The van der Waals surface area contributed by atoms with Gasteiger partial charge in [-0.15, -0.1) is 0 Å². The standard InChI is InChI=1S/C22H26FN3O2/c1-16-2-3-17(13-20(16)23)12-18-6-7-26(15-18)22(27)19-4-5-21(24-14-19)25-8-10-28-11-9-25/h2-5,13-14,18H,6-12,15H2,1H3. The molecule has 0 radical (unpaired) electrons. The summed E-state index contributed by atoms with van der Waals surface area (Å²) in [6, 6.07) is 9.21. The number of carbonyl (C=O) groups is 1. The molecule has 2 saturated heterocycles. The van der Waals surface area contributed by atoms with Crippen LogP contribution in [0.2, 0.25) is 0 Å². The van der Waals surface area contributed by atoms with E-state index in [2.05, 4.69) is 9.88 Å². The van der Waals surface area contributed by atoms with Crippen molar-refractivity contribution in [2.24, 2.45) is 5.92 Å². The molecule has 0 aliphatic carbocycles. The largest absolute Gasteiger partial charge is 0.378 e. The fourth-order valence-corrected chi connectivity index (χ4v) is 3.96. The summed E-state index contributed by atoms with van der Waals surface area (Å²) < 4.78 is 19.1. The Balaban J connectivity index is 1.35. The molecule has 3 heterocycles. The second kappa shape index (κ2) is 8.27. The zero-order valence-corrected chi connectivity index (χ0v) is 16.2. The molecule has 1 unspecified atom stereocenters. The highest BCUT2D eigenvalue weighted by molar-refractivity contribution is 5.94. The molecule has 0 bridgehead atoms. The van der Waals surface area contributed by atoms with Crippen molar-refractivity contribution < 1.29 is 13.9 Å². The van der Waals surface area contributed by atoms with Gasteiger partial charge in [0, 0.05) is 32.4 Å². The van der Waals surface area contributed by atoms with Crippen LogP contribution >= 0.6 is 0 Å². The molecule has 148 valence electrons. The molecule has 5 nitrogen and oxygen atoms in total. The maximum Gasteiger partial charge on any atom is 0.255 e. The maximum atomic E-state index is 13.8. The Hall–Kier alpha value is -2.47. The van der Waals surface area contributed by atoms with E-state index >= 15 is 0 Å². The summed E-state index contributed by atoms with van der Waals surface area (Å²) in [6.45, 7) is 6.29. The fraction of sp³-hybridized carbons (Fsp3) is 0.455. The molecule has 0 saturated carbocycles. The number of rotatable bonds is 4. The average Bonchev–Trinajstić information content (AvgIpc) is 3.19. The van der Waals surface area contributed by atoms with E-state index in [0.29, 0.717) is 36.8 Å². The number of pyridine rings is 1. The first-order valence-corrected chi connectivity index (χ1v) is 9.93. The van der Waals surface area contributed by atoms with E-state index in [-0.39, 0.29) is 11.7 Å². The zero-order valence-electron chi connectivity index (χ0n) is 16.2. The van der Waals surface area contributed by atoms with Crippen LogP contribution < -0.4 is 4.90 Å². The minimum absolute atomic E-state index is 0.0265. The van der Waals surface area contributed by atoms with Gasteiger partial charge in [-0.3, -0.25) is 4.79 Å². The highest BCUT2D eigenvalue weighted by Gasteiger charge is 2.27. The minimum Gasteiger partial charge on any atom is -0.378 e. The summed E-state index contributed by atoms with van der Waals surface area (Å²) in [5.41, 5.74) is 2.29. The molecule has 2 aliphatic heterocycles. The number of hydrogen-bond donors (Lipinski definition) is 0. The Morgan fingerprint density at radius 3 is 2.75 bits per heavy atom. The van der Waals surface area contributed by atoms with E-state index in [0.717, 1.165) is 43.9 Å². The smallest absolute Gasteiger partial charge is 0.255 e. The molecule has 0 spiro atoms. The third-order valence-corrected chi connectivity index (χ3v) is 5.66. The number of anilines is 1. The lowest BCUT2D eigenvalue weighted by molar-refractivity contribution is 0.0786. The van der Waals surface area contributed by atoms with Gasteiger partial charge in [-0.2, -0.15) is 0 Å². The summed E-state index contributed by atoms with van der Waals surface area (Å²) in [6.07, 6.45) is 3.42. The number of benzene rings is 1. The molecule has 2 fully saturated rings. The highest BCUT2D eigenvalue weighted by atomic mass is 19.1. The maximum absolute atomic E-state index is 13.8. The van der Waals surface area contributed by atoms with Gasteiger partial charge in [0.15, 0.2) is 0 Å². The molecule has 0 N–H and O–H groups in total. The van der Waals surface area contributed by atoms with Crippen LogP contribution in [-0.4, -0.2) is 55.2 Å². The molecule has 28 heavy (non-hydrogen) atoms. The van der Waals surface area contributed by atoms with Crippen LogP contribution in [0.3, 0.4) is 0 Å². The molecule has 2 aliphatic rings. The molecular weight excluding hydrogens is 357 g/mol. The van der Waals surface area contributed by atoms with Gasteiger partial charge in [-0.05, 0) is 55.0 Å². The summed E-state index contributed by atoms with van der Waals surface area (Å²) >= 11 is 0. The Bertz CT molecular complexity index is 834. The van der Waals surface area contributed by atoms with E-state index < -0.39 is 0 Å². The molecule has 1 amide bonds. The topological polar surface area (TPSA) is 45.7 Å². The fourth-order valence-electron chi connectivity index (χ4n) is 3.96. The highest BCUT2D eigenvalue weighted by Crippen LogP contribution is 2.24. The Morgan fingerprint density at radius 2 is 2.04 bits per heavy atom. The van der Waals surface area contributed by atoms with Gasteiger partial charge in [0.05, 0.1) is 18.8 Å². The van der Waals surface area contributed by atoms with Crippen molar-refractivity contribution in [3.63, 3.8) is 0 Å². The van der Waals surface area contributed by atoms with Crippen molar-refractivity contribution in [1.29, 1.82) is 0 Å². The lowest BCUT2D eigenvalue weighted by atomic mass is 9.98. The molecule has 4 rings (SSSR count). The van der Waals surface area contributed by atoms with Crippen LogP contribution in [0.25, 0.3) is 0 Å². The first kappa shape index (κ1) is 18.9. The van der Waals surface area contributed by atoms with E-state index in [1.54, 1.807) is 19.2 Å². The number of aromatic nitrogens is 1. The predicted octanol–water partition coefficient (Wildman–Crippen LogP) is 3.07. The average molecular weight is 383 g/mol. The van der Waals surface area contributed by atoms with Crippen molar-refractivity contribution in [3.05, 3.63) is 59.0 Å². The van der Waals surface area contributed by atoms with Crippen molar-refractivity contribution in [3.8, 4) is 0 Å². The van der Waals surface area contributed by atoms with Crippen LogP contribution in [0.4, 0.5) is 10.2 Å². The van der Waals surface area contributed by atoms with Crippen molar-refractivity contribution in [2.45, 2.75) is 19.8 Å². The monoisotopic (exact) mass is 383 g/mol. The lowest BCUT2D eigenvalue weighted by Crippen LogP contribution is -2.36. The Morgan fingerprint density at radius 1 is 1.21 bits per heavy atom. The number of likely N-dealkylation sites (tertiary alicyclic amines) is 1. The first-order valence-electron chi connectivity index (χ1n) is 9.93. The molecule has 1 aromatic carbocycles. The van der Waals surface area contributed by atoms with E-state index in [9.17, 15) is 9.18 Å². The third-order valence-electron chi connectivity index (χ3n) is 5.66. The molecular formula is C22H26FN3O2. The number of hydrogen-bond acceptors (Lipinski definition) is 4. The first-order chi connectivity index (χ1) is 13.6. The Labute approximate surface area is 165 Å². The second-order valence-corrected chi connectivity index (χ2v) is 7.70. The minimum atomic E-state index is -0.158. The molecule has 2 aromatic rings. The van der Waals surface area contributed by atoms with Crippen LogP contribution in [0.1, 0.15) is 27.9 Å². The summed E-state index contributed by atoms with van der Waals surface area (Å²) in [4.78, 5) is 21.4. The van der Waals surface area contributed by atoms with Crippen LogP contribution in [0, 0.1) is 18.7 Å². The molecule has 1 aromatic heterocycles. The summed E-state index contributed by atoms with van der Waals surface area (Å²) in [7, 11) is 0. The van der Waals surface area contributed by atoms with Crippen LogP contribution in [0.15, 0.2) is 36.5 Å². The van der Waals surface area contributed by atoms with Gasteiger partial charge in [0.1, 0.15) is 11.6 Å². The number of nitrogens with zero attached hydrogens (tertiary/aromatic N) is 3. The van der Waals surface area contributed by atoms with Crippen LogP contribution in [0.5, 0.6) is 0 Å². The van der Waals surface area contributed by atoms with Gasteiger partial charge in [0.25, 0.3) is 5.91 Å². The quantitative estimate of drug-likeness (QED) is 0.814. The summed E-state index contributed by atoms with van der Waals surface area (Å²) in [5, 5.41) is 0. The number of ether oxygens (including phenoxy) is 1. The number of amides is 1. The SMILES string of the molecule is Cc1ccc(CC2CCN(C(=O)c3ccc(N4CCOCC4)nc3)C2)cc1F. The zero-order chi connectivity index (χ0) is 19.5.